The number of methoxy groups -OCH3 is 1. The summed E-state index contributed by atoms with van der Waals surface area (Å²) in [7, 11) is 1.72. The van der Waals surface area contributed by atoms with Crippen molar-refractivity contribution in [2.75, 3.05) is 33.4 Å². The third-order valence-corrected chi connectivity index (χ3v) is 7.90. The number of likely N-dealkylation sites (tertiary alicyclic amines) is 1. The highest BCUT2D eigenvalue weighted by Gasteiger charge is 2.16. The van der Waals surface area contributed by atoms with Gasteiger partial charge in [0.1, 0.15) is 29.7 Å². The molecule has 6 rings (SSSR count). The summed E-state index contributed by atoms with van der Waals surface area (Å²) in [5.41, 5.74) is 6.17. The second-order valence-electron chi connectivity index (χ2n) is 10.9. The first kappa shape index (κ1) is 33.1. The molecule has 7 nitrogen and oxygen atoms in total. The first-order chi connectivity index (χ1) is 20.7. The molecule has 0 saturated carbocycles. The normalized spacial score (nSPS) is 12.9. The number of nitrogens with zero attached hydrogens (tertiary/aromatic N) is 3. The second-order valence-corrected chi connectivity index (χ2v) is 10.9. The number of ether oxygens (including phenoxy) is 2. The van der Waals surface area contributed by atoms with Gasteiger partial charge in [-0.05, 0) is 79.5 Å². The molecular weight excluding hydrogens is 595 g/mol. The first-order valence-electron chi connectivity index (χ1n) is 14.7. The smallest absolute Gasteiger partial charge is 0.141 e. The lowest BCUT2D eigenvalue weighted by molar-refractivity contribution is 0.238. The molecule has 1 aliphatic heterocycles. The fourth-order valence-electron chi connectivity index (χ4n) is 5.65. The number of rotatable bonds is 12. The lowest BCUT2D eigenvalue weighted by atomic mass is 10.1. The van der Waals surface area contributed by atoms with Crippen molar-refractivity contribution in [3.8, 4) is 28.6 Å². The van der Waals surface area contributed by atoms with Crippen molar-refractivity contribution in [2.45, 2.75) is 32.5 Å². The predicted octanol–water partition coefficient (Wildman–Crippen LogP) is 7.07. The summed E-state index contributed by atoms with van der Waals surface area (Å²) in [6, 6.07) is 30.3. The molecule has 2 heterocycles. The lowest BCUT2D eigenvalue weighted by Crippen LogP contribution is -2.25. The van der Waals surface area contributed by atoms with E-state index in [0.29, 0.717) is 19.7 Å². The third-order valence-electron chi connectivity index (χ3n) is 7.90. The molecule has 1 aliphatic rings. The van der Waals surface area contributed by atoms with E-state index in [4.69, 9.17) is 14.5 Å². The van der Waals surface area contributed by atoms with Gasteiger partial charge in [0.15, 0.2) is 0 Å². The van der Waals surface area contributed by atoms with Gasteiger partial charge in [-0.1, -0.05) is 42.5 Å². The molecule has 1 saturated heterocycles. The van der Waals surface area contributed by atoms with E-state index >= 15 is 0 Å². The Bertz CT molecular complexity index is 1620. The predicted molar refractivity (Wildman–Crippen MR) is 182 cm³/mol. The Morgan fingerprint density at radius 1 is 0.841 bits per heavy atom. The van der Waals surface area contributed by atoms with Crippen molar-refractivity contribution >= 4 is 35.8 Å². The molecule has 0 radical (unpaired) electrons. The average Bonchev–Trinajstić information content (AvgIpc) is 3.66. The highest BCUT2D eigenvalue weighted by molar-refractivity contribution is 5.85. The lowest BCUT2D eigenvalue weighted by Gasteiger charge is -2.15. The van der Waals surface area contributed by atoms with Crippen LogP contribution in [-0.4, -0.2) is 52.9 Å². The molecule has 1 fully saturated rings. The molecule has 2 N–H and O–H groups in total. The molecule has 5 aromatic rings. The molecule has 0 unspecified atom stereocenters. The number of nitrogens with one attached hydrogen (secondary N) is 1. The number of aromatic nitrogens is 2. The van der Waals surface area contributed by atoms with E-state index in [-0.39, 0.29) is 30.6 Å². The summed E-state index contributed by atoms with van der Waals surface area (Å²) in [4.78, 5) is 7.38. The average molecular weight is 636 g/mol. The van der Waals surface area contributed by atoms with Gasteiger partial charge in [0.05, 0.1) is 18.1 Å². The van der Waals surface area contributed by atoms with Gasteiger partial charge in [-0.3, -0.25) is 4.90 Å². The van der Waals surface area contributed by atoms with Crippen molar-refractivity contribution in [1.82, 2.24) is 19.8 Å². The Balaban J connectivity index is 0.00000221. The van der Waals surface area contributed by atoms with E-state index in [1.54, 1.807) is 19.2 Å². The second kappa shape index (κ2) is 15.8. The van der Waals surface area contributed by atoms with Crippen molar-refractivity contribution in [3.05, 3.63) is 108 Å². The Hall–Kier alpha value is -3.75. The summed E-state index contributed by atoms with van der Waals surface area (Å²) in [6.07, 6.45) is 2.58. The van der Waals surface area contributed by atoms with Crippen LogP contribution in [0.15, 0.2) is 91.0 Å². The summed E-state index contributed by atoms with van der Waals surface area (Å²) >= 11 is 0. The Morgan fingerprint density at radius 3 is 2.36 bits per heavy atom. The van der Waals surface area contributed by atoms with Gasteiger partial charge in [-0.2, -0.15) is 0 Å². The summed E-state index contributed by atoms with van der Waals surface area (Å²) in [6.45, 7) is 6.12. The van der Waals surface area contributed by atoms with E-state index < -0.39 is 0 Å². The van der Waals surface area contributed by atoms with Crippen LogP contribution in [0.3, 0.4) is 0 Å². The molecule has 0 bridgehead atoms. The van der Waals surface area contributed by atoms with Gasteiger partial charge in [0, 0.05) is 43.4 Å². The molecule has 0 atom stereocenters. The van der Waals surface area contributed by atoms with E-state index in [0.717, 1.165) is 58.1 Å². The van der Waals surface area contributed by atoms with Gasteiger partial charge in [0.2, 0.25) is 0 Å². The van der Waals surface area contributed by atoms with Crippen molar-refractivity contribution in [2.24, 2.45) is 0 Å². The van der Waals surface area contributed by atoms with Gasteiger partial charge in [0.25, 0.3) is 0 Å². The quantitative estimate of drug-likeness (QED) is 0.153. The molecule has 9 heteroatoms. The Labute approximate surface area is 271 Å². The molecule has 4 aromatic carbocycles. The SMILES string of the molecule is COc1cc(Cn2c(-c3ccc(OCCN4CCCC4)cc3)nc3cc(O)ccc32)ccc1CNCc1ccccc1.Cl.Cl. The number of phenols is 1. The summed E-state index contributed by atoms with van der Waals surface area (Å²) in [5, 5.41) is 13.7. The highest BCUT2D eigenvalue weighted by Crippen LogP contribution is 2.30. The van der Waals surface area contributed by atoms with Crippen LogP contribution in [-0.2, 0) is 19.6 Å². The minimum absolute atomic E-state index is 0. The van der Waals surface area contributed by atoms with E-state index in [2.05, 4.69) is 69.4 Å². The zero-order valence-corrected chi connectivity index (χ0v) is 26.6. The molecule has 0 spiro atoms. The Morgan fingerprint density at radius 2 is 1.61 bits per heavy atom. The maximum Gasteiger partial charge on any atom is 0.141 e. The van der Waals surface area contributed by atoms with E-state index in [1.807, 2.05) is 24.3 Å². The zero-order chi connectivity index (χ0) is 28.7. The number of aromatic hydroxyl groups is 1. The maximum absolute atomic E-state index is 10.1. The van der Waals surface area contributed by atoms with Crippen LogP contribution in [0.4, 0.5) is 0 Å². The van der Waals surface area contributed by atoms with Crippen LogP contribution in [0.1, 0.15) is 29.5 Å². The standard InChI is InChI=1S/C35H38N4O3.2ClH/c1-41-34-21-27(9-10-29(34)24-36-23-26-7-3-2-4-8-26)25-39-33-16-13-30(40)22-32(33)37-35(39)28-11-14-31(15-12-28)42-20-19-38-17-5-6-18-38;;/h2-4,7-16,21-22,36,40H,5-6,17-20,23-25H2,1H3;2*1H. The van der Waals surface area contributed by atoms with Crippen LogP contribution >= 0.6 is 24.8 Å². The van der Waals surface area contributed by atoms with Gasteiger partial charge < -0.3 is 24.5 Å². The monoisotopic (exact) mass is 634 g/mol. The van der Waals surface area contributed by atoms with Crippen molar-refractivity contribution in [1.29, 1.82) is 0 Å². The van der Waals surface area contributed by atoms with Gasteiger partial charge in [-0.25, -0.2) is 4.98 Å². The largest absolute Gasteiger partial charge is 0.508 e. The number of benzene rings is 4. The van der Waals surface area contributed by atoms with Crippen LogP contribution < -0.4 is 14.8 Å². The zero-order valence-electron chi connectivity index (χ0n) is 24.9. The molecular formula is C35H40Cl2N4O3. The van der Waals surface area contributed by atoms with Crippen LogP contribution in [0.2, 0.25) is 0 Å². The number of imidazole rings is 1. The first-order valence-corrected chi connectivity index (χ1v) is 14.7. The van der Waals surface area contributed by atoms with E-state index in [1.165, 1.54) is 31.5 Å². The number of fused-ring (bicyclic) bond motifs is 1. The van der Waals surface area contributed by atoms with Crippen LogP contribution in [0.25, 0.3) is 22.4 Å². The number of hydrogen-bond acceptors (Lipinski definition) is 6. The maximum atomic E-state index is 10.1. The summed E-state index contributed by atoms with van der Waals surface area (Å²) < 4.78 is 14.0. The molecule has 1 aromatic heterocycles. The number of halogens is 2. The minimum Gasteiger partial charge on any atom is -0.508 e. The number of hydrogen-bond donors (Lipinski definition) is 2. The molecule has 232 valence electrons. The fourth-order valence-corrected chi connectivity index (χ4v) is 5.65. The van der Waals surface area contributed by atoms with Crippen LogP contribution in [0, 0.1) is 0 Å². The highest BCUT2D eigenvalue weighted by atomic mass is 35.5. The van der Waals surface area contributed by atoms with Gasteiger partial charge >= 0.3 is 0 Å². The van der Waals surface area contributed by atoms with Crippen molar-refractivity contribution < 1.29 is 14.6 Å². The van der Waals surface area contributed by atoms with Crippen molar-refractivity contribution in [3.63, 3.8) is 0 Å². The Kier molecular flexibility index (Phi) is 11.9. The van der Waals surface area contributed by atoms with Gasteiger partial charge in [-0.15, -0.1) is 24.8 Å². The summed E-state index contributed by atoms with van der Waals surface area (Å²) in [5.74, 6) is 2.76. The fraction of sp³-hybridized carbons (Fsp3) is 0.286. The van der Waals surface area contributed by atoms with E-state index in [9.17, 15) is 5.11 Å². The van der Waals surface area contributed by atoms with Crippen LogP contribution in [0.5, 0.6) is 17.2 Å². The number of phenolic OH excluding ortho intramolecular Hbond substituents is 1. The molecule has 0 amide bonds. The topological polar surface area (TPSA) is 71.8 Å². The molecule has 0 aliphatic carbocycles. The third kappa shape index (κ3) is 8.04. The minimum atomic E-state index is 0. The molecule has 44 heavy (non-hydrogen) atoms.